The fourth-order valence-corrected chi connectivity index (χ4v) is 2.63. The summed E-state index contributed by atoms with van der Waals surface area (Å²) in [4.78, 5) is 12.2. The van der Waals surface area contributed by atoms with E-state index in [-0.39, 0.29) is 5.78 Å². The highest BCUT2D eigenvalue weighted by molar-refractivity contribution is 7.08. The van der Waals surface area contributed by atoms with Gasteiger partial charge >= 0.3 is 0 Å². The molecule has 2 nitrogen and oxygen atoms in total. The van der Waals surface area contributed by atoms with E-state index in [0.717, 1.165) is 5.56 Å². The molecule has 4 heteroatoms. The molecule has 0 radical (unpaired) electrons. The van der Waals surface area contributed by atoms with Gasteiger partial charge in [0.1, 0.15) is 5.75 Å². The maximum atomic E-state index is 12.2. The number of thiophene rings is 1. The van der Waals surface area contributed by atoms with Crippen molar-refractivity contribution in [3.05, 3.63) is 50.7 Å². The van der Waals surface area contributed by atoms with E-state index in [1.165, 1.54) is 11.3 Å². The van der Waals surface area contributed by atoms with Crippen LogP contribution >= 0.6 is 22.9 Å². The summed E-state index contributed by atoms with van der Waals surface area (Å²) in [6.45, 7) is 1.92. The molecule has 0 unspecified atom stereocenters. The summed E-state index contributed by atoms with van der Waals surface area (Å²) in [5, 5.41) is 4.21. The third-order valence-corrected chi connectivity index (χ3v) is 3.70. The first-order chi connectivity index (χ1) is 8.13. The summed E-state index contributed by atoms with van der Waals surface area (Å²) in [6.07, 6.45) is 0. The quantitative estimate of drug-likeness (QED) is 0.787. The summed E-state index contributed by atoms with van der Waals surface area (Å²) < 4.78 is 5.05. The molecule has 0 bridgehead atoms. The molecule has 17 heavy (non-hydrogen) atoms. The normalized spacial score (nSPS) is 10.3. The van der Waals surface area contributed by atoms with Gasteiger partial charge in [-0.2, -0.15) is 11.3 Å². The average Bonchev–Trinajstić information content (AvgIpc) is 2.74. The molecule has 0 atom stereocenters. The molecule has 88 valence electrons. The number of benzene rings is 1. The first kappa shape index (κ1) is 12.1. The first-order valence-corrected chi connectivity index (χ1v) is 6.36. The molecule has 0 amide bonds. The Kier molecular flexibility index (Phi) is 3.50. The molecule has 0 fully saturated rings. The van der Waals surface area contributed by atoms with E-state index in [0.29, 0.717) is 21.9 Å². The lowest BCUT2D eigenvalue weighted by Gasteiger charge is -2.05. The van der Waals surface area contributed by atoms with Crippen molar-refractivity contribution in [3.8, 4) is 5.75 Å². The molecule has 0 spiro atoms. The largest absolute Gasteiger partial charge is 0.497 e. The summed E-state index contributed by atoms with van der Waals surface area (Å²) >= 11 is 7.59. The van der Waals surface area contributed by atoms with Crippen LogP contribution in [0.2, 0.25) is 5.02 Å². The van der Waals surface area contributed by atoms with Gasteiger partial charge in [0, 0.05) is 16.5 Å². The molecule has 1 aromatic heterocycles. The van der Waals surface area contributed by atoms with Crippen molar-refractivity contribution >= 4 is 28.7 Å². The molecule has 0 N–H and O–H groups in total. The number of hydrogen-bond donors (Lipinski definition) is 0. The van der Waals surface area contributed by atoms with Crippen LogP contribution in [0, 0.1) is 6.92 Å². The number of methoxy groups -OCH3 is 1. The summed E-state index contributed by atoms with van der Waals surface area (Å²) in [5.41, 5.74) is 2.20. The van der Waals surface area contributed by atoms with Crippen molar-refractivity contribution in [1.82, 2.24) is 0 Å². The van der Waals surface area contributed by atoms with Gasteiger partial charge in [-0.25, -0.2) is 0 Å². The van der Waals surface area contributed by atoms with Crippen LogP contribution in [0.3, 0.4) is 0 Å². The predicted molar refractivity (Wildman–Crippen MR) is 70.5 cm³/mol. The van der Waals surface area contributed by atoms with E-state index in [4.69, 9.17) is 16.3 Å². The Hall–Kier alpha value is -1.32. The Labute approximate surface area is 109 Å². The molecule has 2 rings (SSSR count). The predicted octanol–water partition coefficient (Wildman–Crippen LogP) is 3.95. The Morgan fingerprint density at radius 2 is 2.06 bits per heavy atom. The van der Waals surface area contributed by atoms with Gasteiger partial charge < -0.3 is 4.74 Å². The van der Waals surface area contributed by atoms with E-state index in [1.807, 2.05) is 17.7 Å². The topological polar surface area (TPSA) is 26.3 Å². The highest BCUT2D eigenvalue weighted by Gasteiger charge is 2.15. The first-order valence-electron chi connectivity index (χ1n) is 5.04. The van der Waals surface area contributed by atoms with Crippen molar-refractivity contribution in [3.63, 3.8) is 0 Å². The molecule has 0 aliphatic carbocycles. The maximum absolute atomic E-state index is 12.2. The number of carbonyl (C=O) groups excluding carboxylic acids is 1. The lowest BCUT2D eigenvalue weighted by Crippen LogP contribution is -2.02. The molecule has 0 aliphatic rings. The monoisotopic (exact) mass is 266 g/mol. The maximum Gasteiger partial charge on any atom is 0.195 e. The number of carbonyl (C=O) groups is 1. The van der Waals surface area contributed by atoms with Crippen molar-refractivity contribution in [2.75, 3.05) is 7.11 Å². The average molecular weight is 267 g/mol. The van der Waals surface area contributed by atoms with Crippen LogP contribution in [-0.4, -0.2) is 12.9 Å². The number of rotatable bonds is 3. The number of aryl methyl sites for hydroxylation is 1. The molecular formula is C13H11ClO2S. The second-order valence-corrected chi connectivity index (χ2v) is 4.79. The number of hydrogen-bond acceptors (Lipinski definition) is 3. The SMILES string of the molecule is COc1ccc(C(=O)c2cscc2C)c(Cl)c1. The number of ether oxygens (including phenoxy) is 1. The lowest BCUT2D eigenvalue weighted by molar-refractivity contribution is 0.103. The van der Waals surface area contributed by atoms with Crippen LogP contribution in [0.25, 0.3) is 0 Å². The molecule has 2 aromatic rings. The highest BCUT2D eigenvalue weighted by atomic mass is 35.5. The van der Waals surface area contributed by atoms with Crippen LogP contribution < -0.4 is 4.74 Å². The van der Waals surface area contributed by atoms with Crippen molar-refractivity contribution in [2.45, 2.75) is 6.92 Å². The van der Waals surface area contributed by atoms with Crippen LogP contribution in [0.15, 0.2) is 29.0 Å². The Morgan fingerprint density at radius 1 is 1.29 bits per heavy atom. The minimum atomic E-state index is -0.0450. The second-order valence-electron chi connectivity index (χ2n) is 3.64. The highest BCUT2D eigenvalue weighted by Crippen LogP contribution is 2.26. The molecule has 0 saturated heterocycles. The van der Waals surface area contributed by atoms with Gasteiger partial charge in [0.2, 0.25) is 0 Å². The Balaban J connectivity index is 2.41. The van der Waals surface area contributed by atoms with E-state index >= 15 is 0 Å². The lowest BCUT2D eigenvalue weighted by atomic mass is 10.0. The smallest absolute Gasteiger partial charge is 0.195 e. The molecule has 1 aromatic carbocycles. The third kappa shape index (κ3) is 2.35. The Bertz CT molecular complexity index is 560. The van der Waals surface area contributed by atoms with Gasteiger partial charge in [0.25, 0.3) is 0 Å². The summed E-state index contributed by atoms with van der Waals surface area (Å²) in [7, 11) is 1.57. The third-order valence-electron chi connectivity index (χ3n) is 2.52. The zero-order valence-corrected chi connectivity index (χ0v) is 11.1. The van der Waals surface area contributed by atoms with Crippen LogP contribution in [0.5, 0.6) is 5.75 Å². The molecule has 1 heterocycles. The minimum absolute atomic E-state index is 0.0450. The van der Waals surface area contributed by atoms with Crippen LogP contribution in [-0.2, 0) is 0 Å². The van der Waals surface area contributed by atoms with Gasteiger partial charge in [-0.3, -0.25) is 4.79 Å². The van der Waals surface area contributed by atoms with Gasteiger partial charge in [0.15, 0.2) is 5.78 Å². The molecule has 0 saturated carbocycles. The zero-order valence-electron chi connectivity index (χ0n) is 9.49. The Morgan fingerprint density at radius 3 is 2.59 bits per heavy atom. The van der Waals surface area contributed by atoms with E-state index < -0.39 is 0 Å². The number of halogens is 1. The van der Waals surface area contributed by atoms with Crippen molar-refractivity contribution in [1.29, 1.82) is 0 Å². The zero-order chi connectivity index (χ0) is 12.4. The van der Waals surface area contributed by atoms with Crippen molar-refractivity contribution < 1.29 is 9.53 Å². The summed E-state index contributed by atoms with van der Waals surface area (Å²) in [5.74, 6) is 0.602. The summed E-state index contributed by atoms with van der Waals surface area (Å²) in [6, 6.07) is 5.08. The second kappa shape index (κ2) is 4.90. The van der Waals surface area contributed by atoms with Gasteiger partial charge in [-0.1, -0.05) is 11.6 Å². The molecular weight excluding hydrogens is 256 g/mol. The van der Waals surface area contributed by atoms with E-state index in [1.54, 1.807) is 25.3 Å². The van der Waals surface area contributed by atoms with Gasteiger partial charge in [-0.05, 0) is 36.1 Å². The van der Waals surface area contributed by atoms with Crippen molar-refractivity contribution in [2.24, 2.45) is 0 Å². The standard InChI is InChI=1S/C13H11ClO2S/c1-8-6-17-7-11(8)13(15)10-4-3-9(16-2)5-12(10)14/h3-7H,1-2H3. The number of ketones is 1. The fraction of sp³-hybridized carbons (Fsp3) is 0.154. The van der Waals surface area contributed by atoms with Gasteiger partial charge in [-0.15, -0.1) is 0 Å². The fourth-order valence-electron chi connectivity index (χ4n) is 1.55. The van der Waals surface area contributed by atoms with Crippen LogP contribution in [0.4, 0.5) is 0 Å². The van der Waals surface area contributed by atoms with E-state index in [9.17, 15) is 4.79 Å². The van der Waals surface area contributed by atoms with Gasteiger partial charge in [0.05, 0.1) is 12.1 Å². The van der Waals surface area contributed by atoms with Crippen LogP contribution in [0.1, 0.15) is 21.5 Å². The minimum Gasteiger partial charge on any atom is -0.497 e. The van der Waals surface area contributed by atoms with E-state index in [2.05, 4.69) is 0 Å². The molecule has 0 aliphatic heterocycles.